The van der Waals surface area contributed by atoms with Crippen LogP contribution in [0.15, 0.2) is 42.5 Å². The molecule has 2 heteroatoms. The van der Waals surface area contributed by atoms with Gasteiger partial charge in [-0.3, -0.25) is 11.3 Å². The molecule has 94 valence electrons. The summed E-state index contributed by atoms with van der Waals surface area (Å²) in [4.78, 5) is 0. The number of hydrogen-bond acceptors (Lipinski definition) is 2. The van der Waals surface area contributed by atoms with Crippen molar-refractivity contribution in [3.05, 3.63) is 48.0 Å². The van der Waals surface area contributed by atoms with E-state index in [0.717, 1.165) is 12.3 Å². The molecule has 1 aliphatic rings. The monoisotopic (exact) mass is 240 g/mol. The number of nitrogens with two attached hydrogens (primary N) is 1. The van der Waals surface area contributed by atoms with Gasteiger partial charge in [-0.05, 0) is 41.2 Å². The largest absolute Gasteiger partial charge is 0.271 e. The van der Waals surface area contributed by atoms with E-state index in [-0.39, 0.29) is 6.04 Å². The van der Waals surface area contributed by atoms with Crippen LogP contribution in [0.3, 0.4) is 0 Å². The second-order valence-corrected chi connectivity index (χ2v) is 5.35. The fraction of sp³-hybridized carbons (Fsp3) is 0.375. The maximum Gasteiger partial charge on any atom is 0.0460 e. The number of benzene rings is 2. The number of fused-ring (bicyclic) bond motifs is 1. The molecule has 1 saturated carbocycles. The van der Waals surface area contributed by atoms with Gasteiger partial charge >= 0.3 is 0 Å². The summed E-state index contributed by atoms with van der Waals surface area (Å²) < 4.78 is 0. The maximum atomic E-state index is 5.71. The van der Waals surface area contributed by atoms with Crippen molar-refractivity contribution in [3.8, 4) is 0 Å². The first-order valence-electron chi connectivity index (χ1n) is 6.81. The highest BCUT2D eigenvalue weighted by molar-refractivity contribution is 5.83. The van der Waals surface area contributed by atoms with E-state index in [1.165, 1.54) is 35.6 Å². The fourth-order valence-electron chi connectivity index (χ4n) is 2.58. The Kier molecular flexibility index (Phi) is 3.31. The highest BCUT2D eigenvalue weighted by atomic mass is 15.2. The van der Waals surface area contributed by atoms with Gasteiger partial charge in [0.2, 0.25) is 0 Å². The molecule has 3 rings (SSSR count). The maximum absolute atomic E-state index is 5.71. The van der Waals surface area contributed by atoms with Gasteiger partial charge in [0.15, 0.2) is 0 Å². The molecule has 2 nitrogen and oxygen atoms in total. The smallest absolute Gasteiger partial charge is 0.0460 e. The lowest BCUT2D eigenvalue weighted by Gasteiger charge is -2.16. The molecule has 1 aliphatic carbocycles. The third kappa shape index (κ3) is 2.55. The van der Waals surface area contributed by atoms with Crippen molar-refractivity contribution in [2.24, 2.45) is 11.8 Å². The van der Waals surface area contributed by atoms with Crippen LogP contribution in [0.1, 0.15) is 37.3 Å². The van der Waals surface area contributed by atoms with Crippen LogP contribution in [-0.2, 0) is 0 Å². The molecule has 2 aromatic carbocycles. The lowest BCUT2D eigenvalue weighted by atomic mass is 9.98. The van der Waals surface area contributed by atoms with Gasteiger partial charge in [0, 0.05) is 6.04 Å². The van der Waals surface area contributed by atoms with Gasteiger partial charge in [0.05, 0.1) is 0 Å². The second kappa shape index (κ2) is 5.09. The Morgan fingerprint density at radius 2 is 1.89 bits per heavy atom. The quantitative estimate of drug-likeness (QED) is 0.619. The van der Waals surface area contributed by atoms with Gasteiger partial charge in [-0.25, -0.2) is 0 Å². The van der Waals surface area contributed by atoms with E-state index in [9.17, 15) is 0 Å². The molecule has 1 fully saturated rings. The zero-order valence-electron chi connectivity index (χ0n) is 10.6. The van der Waals surface area contributed by atoms with Crippen LogP contribution >= 0.6 is 0 Å². The topological polar surface area (TPSA) is 38.0 Å². The fourth-order valence-corrected chi connectivity index (χ4v) is 2.58. The molecule has 0 aromatic heterocycles. The third-order valence-corrected chi connectivity index (χ3v) is 3.94. The predicted molar refractivity (Wildman–Crippen MR) is 76.0 cm³/mol. The highest BCUT2D eigenvalue weighted by Gasteiger charge is 2.22. The molecule has 0 aliphatic heterocycles. The Morgan fingerprint density at radius 3 is 2.61 bits per heavy atom. The molecule has 0 saturated heterocycles. The lowest BCUT2D eigenvalue weighted by Crippen LogP contribution is -2.28. The van der Waals surface area contributed by atoms with Crippen LogP contribution in [-0.4, -0.2) is 0 Å². The molecule has 1 atom stereocenters. The van der Waals surface area contributed by atoms with E-state index in [4.69, 9.17) is 5.84 Å². The average Bonchev–Trinajstić information content (AvgIpc) is 3.23. The third-order valence-electron chi connectivity index (χ3n) is 3.94. The lowest BCUT2D eigenvalue weighted by molar-refractivity contribution is 0.482. The molecule has 18 heavy (non-hydrogen) atoms. The van der Waals surface area contributed by atoms with Crippen LogP contribution in [0.25, 0.3) is 10.8 Å². The molecule has 3 N–H and O–H groups in total. The summed E-state index contributed by atoms with van der Waals surface area (Å²) >= 11 is 0. The zero-order valence-corrected chi connectivity index (χ0v) is 10.6. The van der Waals surface area contributed by atoms with Crippen LogP contribution < -0.4 is 11.3 Å². The van der Waals surface area contributed by atoms with E-state index in [1.807, 2.05) is 0 Å². The summed E-state index contributed by atoms with van der Waals surface area (Å²) in [5, 5.41) is 2.58. The van der Waals surface area contributed by atoms with Crippen molar-refractivity contribution in [3.63, 3.8) is 0 Å². The predicted octanol–water partition coefficient (Wildman–Crippen LogP) is 3.53. The molecular weight excluding hydrogens is 220 g/mol. The number of hydrazine groups is 1. The van der Waals surface area contributed by atoms with Crippen LogP contribution in [0.2, 0.25) is 0 Å². The van der Waals surface area contributed by atoms with Crippen LogP contribution in [0.5, 0.6) is 0 Å². The van der Waals surface area contributed by atoms with E-state index in [0.29, 0.717) is 0 Å². The standard InChI is InChI=1S/C16H20N2/c17-18-16(10-7-12-5-6-12)15-9-8-13-3-1-2-4-14(13)11-15/h1-4,8-9,11-12,16,18H,5-7,10,17H2. The van der Waals surface area contributed by atoms with E-state index in [2.05, 4.69) is 47.9 Å². The summed E-state index contributed by atoms with van der Waals surface area (Å²) in [5.41, 5.74) is 4.27. The van der Waals surface area contributed by atoms with Gasteiger partial charge in [-0.1, -0.05) is 49.2 Å². The zero-order chi connectivity index (χ0) is 12.4. The first-order valence-corrected chi connectivity index (χ1v) is 6.81. The molecule has 0 bridgehead atoms. The summed E-state index contributed by atoms with van der Waals surface area (Å²) in [5.74, 6) is 6.67. The minimum atomic E-state index is 0.287. The normalized spacial score (nSPS) is 16.9. The Hall–Kier alpha value is -1.38. The van der Waals surface area contributed by atoms with E-state index < -0.39 is 0 Å². The Morgan fingerprint density at radius 1 is 1.11 bits per heavy atom. The molecule has 0 amide bonds. The molecule has 0 radical (unpaired) electrons. The van der Waals surface area contributed by atoms with Crippen LogP contribution in [0, 0.1) is 5.92 Å². The first-order chi connectivity index (χ1) is 8.86. The Labute approximate surface area is 108 Å². The van der Waals surface area contributed by atoms with Crippen molar-refractivity contribution in [2.45, 2.75) is 31.7 Å². The molecule has 1 unspecified atom stereocenters. The average molecular weight is 240 g/mol. The summed E-state index contributed by atoms with van der Waals surface area (Å²) in [6.45, 7) is 0. The summed E-state index contributed by atoms with van der Waals surface area (Å²) in [6, 6.07) is 15.4. The van der Waals surface area contributed by atoms with Crippen molar-refractivity contribution >= 4 is 10.8 Å². The molecule has 0 heterocycles. The minimum Gasteiger partial charge on any atom is -0.271 e. The molecular formula is C16H20N2. The Bertz CT molecular complexity index is 531. The van der Waals surface area contributed by atoms with Gasteiger partial charge in [0.25, 0.3) is 0 Å². The van der Waals surface area contributed by atoms with Gasteiger partial charge in [-0.2, -0.15) is 0 Å². The Balaban J connectivity index is 1.81. The van der Waals surface area contributed by atoms with E-state index >= 15 is 0 Å². The van der Waals surface area contributed by atoms with Crippen molar-refractivity contribution in [1.29, 1.82) is 0 Å². The van der Waals surface area contributed by atoms with E-state index in [1.54, 1.807) is 0 Å². The summed E-state index contributed by atoms with van der Waals surface area (Å²) in [7, 11) is 0. The van der Waals surface area contributed by atoms with Gasteiger partial charge in [-0.15, -0.1) is 0 Å². The number of hydrogen-bond donors (Lipinski definition) is 2. The van der Waals surface area contributed by atoms with Crippen molar-refractivity contribution < 1.29 is 0 Å². The van der Waals surface area contributed by atoms with Gasteiger partial charge < -0.3 is 0 Å². The molecule has 0 spiro atoms. The van der Waals surface area contributed by atoms with Crippen molar-refractivity contribution in [2.75, 3.05) is 0 Å². The van der Waals surface area contributed by atoms with Crippen molar-refractivity contribution in [1.82, 2.24) is 5.43 Å². The molecule has 2 aromatic rings. The SMILES string of the molecule is NNC(CCC1CC1)c1ccc2ccccc2c1. The highest BCUT2D eigenvalue weighted by Crippen LogP contribution is 2.36. The minimum absolute atomic E-state index is 0.287. The summed E-state index contributed by atoms with van der Waals surface area (Å²) in [6.07, 6.45) is 5.26. The van der Waals surface area contributed by atoms with Crippen LogP contribution in [0.4, 0.5) is 0 Å². The first kappa shape index (κ1) is 11.7. The number of rotatable bonds is 5. The van der Waals surface area contributed by atoms with Gasteiger partial charge in [0.1, 0.15) is 0 Å². The second-order valence-electron chi connectivity index (χ2n) is 5.35. The number of nitrogens with one attached hydrogen (secondary N) is 1.